The molecule has 1 aromatic carbocycles. The number of aromatic hydroxyl groups is 1. The first-order valence-electron chi connectivity index (χ1n) is 10.3. The summed E-state index contributed by atoms with van der Waals surface area (Å²) in [5.41, 5.74) is 4.84. The van der Waals surface area contributed by atoms with Gasteiger partial charge in [0.15, 0.2) is 0 Å². The summed E-state index contributed by atoms with van der Waals surface area (Å²) in [5.74, 6) is 3.23. The quantitative estimate of drug-likeness (QED) is 0.544. The van der Waals surface area contributed by atoms with Crippen molar-refractivity contribution in [3.63, 3.8) is 0 Å². The molecule has 0 bridgehead atoms. The standard InChI is InChI=1S/C24H34O2/c1-13-8-9-17-16(10-13)21-19(26-24(17,6)7)12-18-20(22(21)25)14(2)11-15(3)23(18,4)5/h8,12,14-17,25H,9-11H2,1-7H3/t14?,15?,16-,17-/m1/s1. The number of hydrogen-bond donors (Lipinski definition) is 1. The SMILES string of the molecule is CC1=CC[C@@H]2[C@@H](C1)c1c(cc3c(c1O)C(C)CC(C)C3(C)C)OC2(C)C. The van der Waals surface area contributed by atoms with Crippen molar-refractivity contribution in [3.05, 3.63) is 34.4 Å². The zero-order valence-corrected chi connectivity index (χ0v) is 17.4. The molecule has 142 valence electrons. The molecule has 0 aromatic heterocycles. The molecule has 2 aliphatic carbocycles. The maximum absolute atomic E-state index is 11.5. The molecule has 4 atom stereocenters. The fraction of sp³-hybridized carbons (Fsp3) is 0.667. The van der Waals surface area contributed by atoms with Crippen LogP contribution in [0.4, 0.5) is 0 Å². The van der Waals surface area contributed by atoms with Crippen LogP contribution in [0.2, 0.25) is 0 Å². The van der Waals surface area contributed by atoms with E-state index in [1.807, 2.05) is 0 Å². The molecule has 0 radical (unpaired) electrons. The molecule has 1 heterocycles. The molecule has 2 heteroatoms. The maximum Gasteiger partial charge on any atom is 0.127 e. The molecule has 0 fully saturated rings. The topological polar surface area (TPSA) is 29.5 Å². The van der Waals surface area contributed by atoms with E-state index in [9.17, 15) is 5.11 Å². The molecule has 0 saturated heterocycles. The Kier molecular flexibility index (Phi) is 3.82. The van der Waals surface area contributed by atoms with Crippen molar-refractivity contribution in [1.82, 2.24) is 0 Å². The van der Waals surface area contributed by atoms with Crippen molar-refractivity contribution in [3.8, 4) is 11.5 Å². The summed E-state index contributed by atoms with van der Waals surface area (Å²) in [7, 11) is 0. The third kappa shape index (κ3) is 2.37. The largest absolute Gasteiger partial charge is 0.507 e. The van der Waals surface area contributed by atoms with Crippen molar-refractivity contribution < 1.29 is 9.84 Å². The van der Waals surface area contributed by atoms with Gasteiger partial charge >= 0.3 is 0 Å². The Bertz CT molecular complexity index is 784. The van der Waals surface area contributed by atoms with Gasteiger partial charge in [-0.25, -0.2) is 0 Å². The predicted octanol–water partition coefficient (Wildman–Crippen LogP) is 6.42. The molecule has 0 spiro atoms. The Morgan fingerprint density at radius 2 is 1.81 bits per heavy atom. The second-order valence-corrected chi connectivity index (χ2v) is 10.3. The number of fused-ring (bicyclic) bond motifs is 4. The van der Waals surface area contributed by atoms with Crippen LogP contribution < -0.4 is 4.74 Å². The van der Waals surface area contributed by atoms with Crippen molar-refractivity contribution >= 4 is 0 Å². The van der Waals surface area contributed by atoms with Gasteiger partial charge in [0.2, 0.25) is 0 Å². The van der Waals surface area contributed by atoms with Crippen LogP contribution in [0.5, 0.6) is 11.5 Å². The molecule has 2 unspecified atom stereocenters. The summed E-state index contributed by atoms with van der Waals surface area (Å²) in [6.07, 6.45) is 5.56. The lowest BCUT2D eigenvalue weighted by molar-refractivity contribution is 0.00712. The van der Waals surface area contributed by atoms with Gasteiger partial charge in [0.1, 0.15) is 17.1 Å². The molecule has 2 nitrogen and oxygen atoms in total. The van der Waals surface area contributed by atoms with Gasteiger partial charge in [-0.2, -0.15) is 0 Å². The molecule has 0 amide bonds. The fourth-order valence-electron chi connectivity index (χ4n) is 5.85. The van der Waals surface area contributed by atoms with Gasteiger partial charge in [-0.15, -0.1) is 0 Å². The average molecular weight is 355 g/mol. The molecule has 4 rings (SSSR count). The number of hydrogen-bond acceptors (Lipinski definition) is 2. The number of rotatable bonds is 0. The molecule has 3 aliphatic rings. The van der Waals surface area contributed by atoms with Crippen LogP contribution in [0.1, 0.15) is 96.3 Å². The second kappa shape index (κ2) is 5.53. The van der Waals surface area contributed by atoms with Crippen LogP contribution in [0.25, 0.3) is 0 Å². The second-order valence-electron chi connectivity index (χ2n) is 10.3. The minimum atomic E-state index is -0.203. The highest BCUT2D eigenvalue weighted by atomic mass is 16.5. The molecule has 0 saturated carbocycles. The first kappa shape index (κ1) is 17.9. The van der Waals surface area contributed by atoms with E-state index in [2.05, 4.69) is 60.6 Å². The first-order chi connectivity index (χ1) is 12.0. The van der Waals surface area contributed by atoms with E-state index in [0.29, 0.717) is 29.4 Å². The van der Waals surface area contributed by atoms with E-state index >= 15 is 0 Å². The third-order valence-electron chi connectivity index (χ3n) is 7.85. The predicted molar refractivity (Wildman–Crippen MR) is 107 cm³/mol. The molecular weight excluding hydrogens is 320 g/mol. The number of phenolic OH excluding ortho intramolecular Hbond substituents is 1. The number of benzene rings is 1. The molecule has 1 aromatic rings. The molecular formula is C24H34O2. The van der Waals surface area contributed by atoms with Crippen molar-refractivity contribution in [2.24, 2.45) is 11.8 Å². The lowest BCUT2D eigenvalue weighted by Gasteiger charge is -2.49. The number of phenols is 1. The highest BCUT2D eigenvalue weighted by Gasteiger charge is 2.48. The van der Waals surface area contributed by atoms with Crippen molar-refractivity contribution in [2.45, 2.75) is 90.6 Å². The molecule has 1 aliphatic heterocycles. The van der Waals surface area contributed by atoms with Gasteiger partial charge in [-0.05, 0) is 68.9 Å². The summed E-state index contributed by atoms with van der Waals surface area (Å²) in [4.78, 5) is 0. The summed E-state index contributed by atoms with van der Waals surface area (Å²) in [5, 5.41) is 11.5. The fourth-order valence-corrected chi connectivity index (χ4v) is 5.85. The molecule has 1 N–H and O–H groups in total. The monoisotopic (exact) mass is 354 g/mol. The van der Waals surface area contributed by atoms with E-state index < -0.39 is 0 Å². The van der Waals surface area contributed by atoms with E-state index in [1.54, 1.807) is 0 Å². The summed E-state index contributed by atoms with van der Waals surface area (Å²) < 4.78 is 6.55. The zero-order valence-electron chi connectivity index (χ0n) is 17.4. The first-order valence-corrected chi connectivity index (χ1v) is 10.3. The highest BCUT2D eigenvalue weighted by Crippen LogP contribution is 2.59. The lowest BCUT2D eigenvalue weighted by atomic mass is 9.61. The van der Waals surface area contributed by atoms with E-state index in [-0.39, 0.29) is 11.0 Å². The summed E-state index contributed by atoms with van der Waals surface area (Å²) in [6, 6.07) is 2.28. The molecule has 26 heavy (non-hydrogen) atoms. The van der Waals surface area contributed by atoms with E-state index in [0.717, 1.165) is 30.6 Å². The van der Waals surface area contributed by atoms with Crippen LogP contribution in [-0.2, 0) is 5.41 Å². The highest BCUT2D eigenvalue weighted by molar-refractivity contribution is 5.61. The van der Waals surface area contributed by atoms with Gasteiger partial charge < -0.3 is 9.84 Å². The van der Waals surface area contributed by atoms with E-state index in [1.165, 1.54) is 16.7 Å². The Balaban J connectivity index is 1.96. The minimum absolute atomic E-state index is 0.0566. The Morgan fingerprint density at radius 1 is 1.12 bits per heavy atom. The Hall–Kier alpha value is -1.44. The third-order valence-corrected chi connectivity index (χ3v) is 7.85. The summed E-state index contributed by atoms with van der Waals surface area (Å²) in [6.45, 7) is 15.9. The van der Waals surface area contributed by atoms with E-state index in [4.69, 9.17) is 4.74 Å². The van der Waals surface area contributed by atoms with Crippen LogP contribution in [0, 0.1) is 11.8 Å². The smallest absolute Gasteiger partial charge is 0.127 e. The van der Waals surface area contributed by atoms with Gasteiger partial charge in [-0.1, -0.05) is 39.3 Å². The van der Waals surface area contributed by atoms with Gasteiger partial charge in [0.25, 0.3) is 0 Å². The Labute approximate surface area is 158 Å². The Morgan fingerprint density at radius 3 is 2.50 bits per heavy atom. The van der Waals surface area contributed by atoms with Gasteiger partial charge in [0.05, 0.1) is 0 Å². The average Bonchev–Trinajstić information content (AvgIpc) is 2.51. The number of allylic oxidation sites excluding steroid dienone is 2. The van der Waals surface area contributed by atoms with Crippen molar-refractivity contribution in [1.29, 1.82) is 0 Å². The number of ether oxygens (including phenoxy) is 1. The van der Waals surface area contributed by atoms with Crippen LogP contribution in [0.15, 0.2) is 17.7 Å². The van der Waals surface area contributed by atoms with Gasteiger partial charge in [0, 0.05) is 23.0 Å². The maximum atomic E-state index is 11.5. The zero-order chi connectivity index (χ0) is 19.0. The van der Waals surface area contributed by atoms with Crippen LogP contribution >= 0.6 is 0 Å². The van der Waals surface area contributed by atoms with Crippen molar-refractivity contribution in [2.75, 3.05) is 0 Å². The minimum Gasteiger partial charge on any atom is -0.507 e. The van der Waals surface area contributed by atoms with Crippen LogP contribution in [0.3, 0.4) is 0 Å². The normalized spacial score (nSPS) is 34.0. The summed E-state index contributed by atoms with van der Waals surface area (Å²) >= 11 is 0. The lowest BCUT2D eigenvalue weighted by Crippen LogP contribution is -2.46. The van der Waals surface area contributed by atoms with Gasteiger partial charge in [-0.3, -0.25) is 0 Å². The van der Waals surface area contributed by atoms with Crippen LogP contribution in [-0.4, -0.2) is 10.7 Å².